The van der Waals surface area contributed by atoms with Gasteiger partial charge in [-0.25, -0.2) is 4.98 Å². The van der Waals surface area contributed by atoms with Crippen LogP contribution in [0.15, 0.2) is 6.20 Å². The van der Waals surface area contributed by atoms with E-state index in [0.29, 0.717) is 11.4 Å². The van der Waals surface area contributed by atoms with Crippen molar-refractivity contribution >= 4 is 23.7 Å². The van der Waals surface area contributed by atoms with E-state index in [-0.39, 0.29) is 12.4 Å². The van der Waals surface area contributed by atoms with Crippen molar-refractivity contribution in [2.24, 2.45) is 5.92 Å². The SMILES string of the molecule is CNCCC1CCN(Cc2cnc(C(F)(F)F)s2)CC1.Cl. The fourth-order valence-corrected chi connectivity index (χ4v) is 3.34. The van der Waals surface area contributed by atoms with Crippen LogP contribution in [0.1, 0.15) is 29.1 Å². The Hall–Kier alpha value is -0.370. The molecule has 1 aromatic heterocycles. The van der Waals surface area contributed by atoms with Crippen molar-refractivity contribution in [3.63, 3.8) is 0 Å². The average Bonchev–Trinajstić information content (AvgIpc) is 2.86. The molecule has 3 nitrogen and oxygen atoms in total. The van der Waals surface area contributed by atoms with Crippen LogP contribution in [0.4, 0.5) is 13.2 Å². The lowest BCUT2D eigenvalue weighted by Crippen LogP contribution is -2.33. The van der Waals surface area contributed by atoms with Gasteiger partial charge in [-0.15, -0.1) is 23.7 Å². The van der Waals surface area contributed by atoms with E-state index in [1.165, 1.54) is 12.6 Å². The highest BCUT2D eigenvalue weighted by Crippen LogP contribution is 2.33. The van der Waals surface area contributed by atoms with Crippen molar-refractivity contribution in [2.45, 2.75) is 32.0 Å². The predicted molar refractivity (Wildman–Crippen MR) is 80.9 cm³/mol. The van der Waals surface area contributed by atoms with E-state index in [4.69, 9.17) is 0 Å². The molecule has 0 bridgehead atoms. The third kappa shape index (κ3) is 5.73. The Morgan fingerprint density at radius 2 is 2.05 bits per heavy atom. The molecule has 0 amide bonds. The van der Waals surface area contributed by atoms with Gasteiger partial charge in [0.2, 0.25) is 0 Å². The average molecular weight is 344 g/mol. The van der Waals surface area contributed by atoms with Crippen LogP contribution in [-0.4, -0.2) is 36.6 Å². The predicted octanol–water partition coefficient (Wildman–Crippen LogP) is 3.41. The fourth-order valence-electron chi connectivity index (χ4n) is 2.51. The second-order valence-electron chi connectivity index (χ2n) is 5.24. The third-order valence-electron chi connectivity index (χ3n) is 3.69. The van der Waals surface area contributed by atoms with Crippen molar-refractivity contribution in [1.82, 2.24) is 15.2 Å². The van der Waals surface area contributed by atoms with E-state index >= 15 is 0 Å². The number of halogens is 4. The Labute approximate surface area is 133 Å². The number of likely N-dealkylation sites (tertiary alicyclic amines) is 1. The van der Waals surface area contributed by atoms with Gasteiger partial charge in [0.15, 0.2) is 5.01 Å². The molecular formula is C13H21ClF3N3S. The van der Waals surface area contributed by atoms with Gasteiger partial charge >= 0.3 is 6.18 Å². The molecule has 21 heavy (non-hydrogen) atoms. The van der Waals surface area contributed by atoms with Crippen molar-refractivity contribution in [1.29, 1.82) is 0 Å². The molecule has 1 saturated heterocycles. The van der Waals surface area contributed by atoms with E-state index in [9.17, 15) is 13.2 Å². The summed E-state index contributed by atoms with van der Waals surface area (Å²) in [7, 11) is 1.96. The van der Waals surface area contributed by atoms with Gasteiger partial charge in [0, 0.05) is 17.6 Å². The summed E-state index contributed by atoms with van der Waals surface area (Å²) in [5.74, 6) is 0.742. The first kappa shape index (κ1) is 18.7. The lowest BCUT2D eigenvalue weighted by Gasteiger charge is -2.31. The van der Waals surface area contributed by atoms with Crippen LogP contribution in [-0.2, 0) is 12.7 Å². The van der Waals surface area contributed by atoms with Gasteiger partial charge in [0.1, 0.15) is 0 Å². The maximum atomic E-state index is 12.5. The maximum Gasteiger partial charge on any atom is 0.443 e. The largest absolute Gasteiger partial charge is 0.443 e. The first-order chi connectivity index (χ1) is 9.49. The summed E-state index contributed by atoms with van der Waals surface area (Å²) in [6.45, 7) is 3.56. The minimum Gasteiger partial charge on any atom is -0.320 e. The molecule has 0 aromatic carbocycles. The molecule has 122 valence electrons. The van der Waals surface area contributed by atoms with Crippen LogP contribution >= 0.6 is 23.7 Å². The monoisotopic (exact) mass is 343 g/mol. The Balaban J connectivity index is 0.00000220. The number of hydrogen-bond acceptors (Lipinski definition) is 4. The van der Waals surface area contributed by atoms with E-state index in [2.05, 4.69) is 15.2 Å². The smallest absolute Gasteiger partial charge is 0.320 e. The van der Waals surface area contributed by atoms with Crippen molar-refractivity contribution < 1.29 is 13.2 Å². The van der Waals surface area contributed by atoms with Crippen LogP contribution in [0.5, 0.6) is 0 Å². The molecule has 1 aliphatic heterocycles. The number of piperidine rings is 1. The molecule has 8 heteroatoms. The molecule has 1 aliphatic rings. The molecule has 2 heterocycles. The summed E-state index contributed by atoms with van der Waals surface area (Å²) in [6, 6.07) is 0. The van der Waals surface area contributed by atoms with Crippen molar-refractivity contribution in [3.05, 3.63) is 16.1 Å². The molecule has 0 unspecified atom stereocenters. The van der Waals surface area contributed by atoms with E-state index < -0.39 is 11.2 Å². The molecule has 2 rings (SSSR count). The molecule has 0 saturated carbocycles. The first-order valence-electron chi connectivity index (χ1n) is 6.88. The van der Waals surface area contributed by atoms with Gasteiger partial charge in [-0.2, -0.15) is 13.2 Å². The molecule has 0 aliphatic carbocycles. The standard InChI is InChI=1S/C13H20F3N3S.ClH/c1-17-5-2-10-3-6-19(7-4-10)9-11-8-18-12(20-11)13(14,15)16;/h8,10,17H,2-7,9H2,1H3;1H. The molecule has 1 fully saturated rings. The first-order valence-corrected chi connectivity index (χ1v) is 7.69. The topological polar surface area (TPSA) is 28.2 Å². The molecule has 1 aromatic rings. The summed E-state index contributed by atoms with van der Waals surface area (Å²) in [6.07, 6.45) is 0.492. The van der Waals surface area contributed by atoms with Gasteiger partial charge in [-0.3, -0.25) is 4.90 Å². The van der Waals surface area contributed by atoms with E-state index in [1.54, 1.807) is 0 Å². The normalized spacial score (nSPS) is 17.7. The molecule has 0 radical (unpaired) electrons. The Morgan fingerprint density at radius 1 is 1.38 bits per heavy atom. The van der Waals surface area contributed by atoms with Gasteiger partial charge in [-0.05, 0) is 51.9 Å². The van der Waals surface area contributed by atoms with Gasteiger partial charge < -0.3 is 5.32 Å². The zero-order valence-electron chi connectivity index (χ0n) is 11.9. The number of nitrogens with one attached hydrogen (secondary N) is 1. The number of alkyl halides is 3. The summed E-state index contributed by atoms with van der Waals surface area (Å²) < 4.78 is 37.4. The zero-order valence-corrected chi connectivity index (χ0v) is 13.6. The Morgan fingerprint density at radius 3 is 2.57 bits per heavy atom. The summed E-state index contributed by atoms with van der Waals surface area (Å²) in [4.78, 5) is 6.39. The van der Waals surface area contributed by atoms with Crippen LogP contribution in [0.2, 0.25) is 0 Å². The van der Waals surface area contributed by atoms with Gasteiger partial charge in [-0.1, -0.05) is 0 Å². The number of rotatable bonds is 5. The molecule has 0 spiro atoms. The highest BCUT2D eigenvalue weighted by molar-refractivity contribution is 7.11. The van der Waals surface area contributed by atoms with Gasteiger partial charge in [0.25, 0.3) is 0 Å². The van der Waals surface area contributed by atoms with Crippen molar-refractivity contribution in [2.75, 3.05) is 26.7 Å². The van der Waals surface area contributed by atoms with Gasteiger partial charge in [0.05, 0.1) is 0 Å². The summed E-state index contributed by atoms with van der Waals surface area (Å²) in [5, 5.41) is 2.42. The molecule has 1 N–H and O–H groups in total. The number of aromatic nitrogens is 1. The zero-order chi connectivity index (χ0) is 14.6. The molecule has 0 atom stereocenters. The second kappa shape index (κ2) is 8.31. The second-order valence-corrected chi connectivity index (χ2v) is 6.36. The van der Waals surface area contributed by atoms with Crippen molar-refractivity contribution in [3.8, 4) is 0 Å². The summed E-state index contributed by atoms with van der Waals surface area (Å²) in [5.41, 5.74) is 0. The fraction of sp³-hybridized carbons (Fsp3) is 0.769. The maximum absolute atomic E-state index is 12.5. The minimum absolute atomic E-state index is 0. The van der Waals surface area contributed by atoms with Crippen LogP contribution in [0, 0.1) is 5.92 Å². The van der Waals surface area contributed by atoms with Crippen LogP contribution in [0.3, 0.4) is 0 Å². The number of nitrogens with zero attached hydrogens (tertiary/aromatic N) is 2. The highest BCUT2D eigenvalue weighted by atomic mass is 35.5. The van der Waals surface area contributed by atoms with Crippen LogP contribution in [0.25, 0.3) is 0 Å². The minimum atomic E-state index is -4.32. The quantitative estimate of drug-likeness (QED) is 0.888. The lowest BCUT2D eigenvalue weighted by atomic mass is 9.93. The van der Waals surface area contributed by atoms with Crippen LogP contribution < -0.4 is 5.32 Å². The number of hydrogen-bond donors (Lipinski definition) is 1. The Kier molecular flexibility index (Phi) is 7.39. The third-order valence-corrected chi connectivity index (χ3v) is 4.71. The Bertz CT molecular complexity index is 417. The summed E-state index contributed by atoms with van der Waals surface area (Å²) >= 11 is 0.760. The lowest BCUT2D eigenvalue weighted by molar-refractivity contribution is -0.137. The van der Waals surface area contributed by atoms with E-state index in [0.717, 1.165) is 49.7 Å². The number of thiazole rings is 1. The highest BCUT2D eigenvalue weighted by Gasteiger charge is 2.34. The molecular weight excluding hydrogens is 323 g/mol. The van der Waals surface area contributed by atoms with E-state index in [1.807, 2.05) is 7.05 Å².